The lowest BCUT2D eigenvalue weighted by Crippen LogP contribution is -2.26. The lowest BCUT2D eigenvalue weighted by molar-refractivity contribution is 0.0950. The summed E-state index contributed by atoms with van der Waals surface area (Å²) in [6, 6.07) is 5.29. The van der Waals surface area contributed by atoms with Crippen LogP contribution in [0.5, 0.6) is 0 Å². The Hall–Kier alpha value is -2.90. The van der Waals surface area contributed by atoms with Gasteiger partial charge in [-0.3, -0.25) is 14.6 Å². The average molecular weight is 285 g/mol. The Morgan fingerprint density at radius 1 is 1.48 bits per heavy atom. The molecule has 0 unspecified atom stereocenters. The lowest BCUT2D eigenvalue weighted by atomic mass is 10.2. The van der Waals surface area contributed by atoms with Gasteiger partial charge in [-0.2, -0.15) is 10.2 Å². The van der Waals surface area contributed by atoms with Crippen LogP contribution >= 0.6 is 0 Å². The summed E-state index contributed by atoms with van der Waals surface area (Å²) in [6.45, 7) is 0.444. The Labute approximate surface area is 120 Å². The fraction of sp³-hybridized carbons (Fsp3) is 0.231. The molecule has 8 nitrogen and oxygen atoms in total. The van der Waals surface area contributed by atoms with Gasteiger partial charge in [0, 0.05) is 31.1 Å². The highest BCUT2D eigenvalue weighted by Gasteiger charge is 2.14. The number of carbonyl (C=O) groups is 1. The van der Waals surface area contributed by atoms with Crippen LogP contribution in [0.2, 0.25) is 0 Å². The third kappa shape index (κ3) is 2.69. The predicted molar refractivity (Wildman–Crippen MR) is 77.5 cm³/mol. The van der Waals surface area contributed by atoms with Crippen LogP contribution in [-0.2, 0) is 13.5 Å². The second-order valence-electron chi connectivity index (χ2n) is 4.72. The van der Waals surface area contributed by atoms with E-state index < -0.39 is 0 Å². The number of nitrogen functional groups attached to an aromatic ring is 1. The van der Waals surface area contributed by atoms with Crippen molar-refractivity contribution in [3.05, 3.63) is 36.0 Å². The second-order valence-corrected chi connectivity index (χ2v) is 4.72. The molecule has 0 saturated carbocycles. The van der Waals surface area contributed by atoms with E-state index in [1.54, 1.807) is 36.3 Å². The quantitative estimate of drug-likeness (QED) is 0.594. The Bertz CT molecular complexity index is 789. The van der Waals surface area contributed by atoms with E-state index in [-0.39, 0.29) is 5.91 Å². The lowest BCUT2D eigenvalue weighted by Gasteiger charge is -2.01. The van der Waals surface area contributed by atoms with E-state index in [9.17, 15) is 4.79 Å². The molecular formula is C13H15N7O. The standard InChI is InChI=1S/C13H15N7O/c1-20-7-16-11(19-20)4-5-15-13(21)12-9-6-8(14)2-3-10(9)17-18-12/h2-3,6-7H,4-5,14H2,1H3,(H,15,21)(H,17,18). The average Bonchev–Trinajstić information content (AvgIpc) is 3.04. The molecule has 0 fully saturated rings. The minimum Gasteiger partial charge on any atom is -0.399 e. The normalized spacial score (nSPS) is 10.9. The van der Waals surface area contributed by atoms with Gasteiger partial charge >= 0.3 is 0 Å². The molecule has 8 heteroatoms. The van der Waals surface area contributed by atoms with Gasteiger partial charge in [-0.25, -0.2) is 4.98 Å². The van der Waals surface area contributed by atoms with E-state index >= 15 is 0 Å². The van der Waals surface area contributed by atoms with Gasteiger partial charge in [0.15, 0.2) is 11.5 Å². The van der Waals surface area contributed by atoms with Crippen LogP contribution in [0.1, 0.15) is 16.3 Å². The number of carbonyl (C=O) groups excluding carboxylic acids is 1. The number of benzene rings is 1. The molecule has 21 heavy (non-hydrogen) atoms. The van der Waals surface area contributed by atoms with Gasteiger partial charge in [0.2, 0.25) is 0 Å². The topological polar surface area (TPSA) is 115 Å². The fourth-order valence-electron chi connectivity index (χ4n) is 2.07. The van der Waals surface area contributed by atoms with Crippen LogP contribution in [0, 0.1) is 0 Å². The van der Waals surface area contributed by atoms with Crippen LogP contribution in [0.15, 0.2) is 24.5 Å². The minimum absolute atomic E-state index is 0.247. The van der Waals surface area contributed by atoms with E-state index in [1.165, 1.54) is 0 Å². The number of fused-ring (bicyclic) bond motifs is 1. The van der Waals surface area contributed by atoms with E-state index in [1.807, 2.05) is 0 Å². The molecule has 2 aromatic heterocycles. The van der Waals surface area contributed by atoms with Crippen molar-refractivity contribution < 1.29 is 4.79 Å². The van der Waals surface area contributed by atoms with Crippen LogP contribution in [0.3, 0.4) is 0 Å². The number of hydrogen-bond donors (Lipinski definition) is 3. The number of anilines is 1. The van der Waals surface area contributed by atoms with Crippen molar-refractivity contribution in [2.75, 3.05) is 12.3 Å². The maximum absolute atomic E-state index is 12.1. The molecule has 0 atom stereocenters. The van der Waals surface area contributed by atoms with Crippen LogP contribution in [0.25, 0.3) is 10.9 Å². The molecule has 1 aromatic carbocycles. The molecule has 0 aliphatic carbocycles. The van der Waals surface area contributed by atoms with E-state index in [4.69, 9.17) is 5.73 Å². The first-order valence-electron chi connectivity index (χ1n) is 6.50. The zero-order valence-corrected chi connectivity index (χ0v) is 11.5. The van der Waals surface area contributed by atoms with Crippen molar-refractivity contribution in [3.63, 3.8) is 0 Å². The minimum atomic E-state index is -0.247. The van der Waals surface area contributed by atoms with Crippen molar-refractivity contribution in [2.24, 2.45) is 7.05 Å². The maximum atomic E-state index is 12.1. The number of hydrogen-bond acceptors (Lipinski definition) is 5. The van der Waals surface area contributed by atoms with E-state index in [0.717, 1.165) is 5.52 Å². The van der Waals surface area contributed by atoms with Gasteiger partial charge in [0.25, 0.3) is 5.91 Å². The molecule has 108 valence electrons. The third-order valence-corrected chi connectivity index (χ3v) is 3.08. The summed E-state index contributed by atoms with van der Waals surface area (Å²) in [5.41, 5.74) is 7.45. The number of aryl methyl sites for hydroxylation is 1. The number of amides is 1. The smallest absolute Gasteiger partial charge is 0.272 e. The molecule has 2 heterocycles. The molecule has 1 amide bonds. The van der Waals surface area contributed by atoms with Gasteiger partial charge < -0.3 is 11.1 Å². The molecule has 0 radical (unpaired) electrons. The summed E-state index contributed by atoms with van der Waals surface area (Å²) >= 11 is 0. The van der Waals surface area contributed by atoms with Crippen molar-refractivity contribution in [1.82, 2.24) is 30.3 Å². The number of aromatic nitrogens is 5. The number of H-pyrrole nitrogens is 1. The molecule has 0 aliphatic heterocycles. The summed E-state index contributed by atoms with van der Waals surface area (Å²) in [5, 5.41) is 14.5. The molecule has 0 saturated heterocycles. The Balaban J connectivity index is 1.68. The van der Waals surface area contributed by atoms with Crippen LogP contribution in [0.4, 0.5) is 5.69 Å². The molecule has 4 N–H and O–H groups in total. The number of rotatable bonds is 4. The summed E-state index contributed by atoms with van der Waals surface area (Å²) in [7, 11) is 1.80. The monoisotopic (exact) mass is 285 g/mol. The first-order chi connectivity index (χ1) is 10.1. The predicted octanol–water partition coefficient (Wildman–Crippen LogP) is 0.246. The fourth-order valence-corrected chi connectivity index (χ4v) is 2.07. The summed E-state index contributed by atoms with van der Waals surface area (Å²) in [6.07, 6.45) is 2.19. The number of nitrogens with one attached hydrogen (secondary N) is 2. The largest absolute Gasteiger partial charge is 0.399 e. The van der Waals surface area contributed by atoms with Gasteiger partial charge in [-0.05, 0) is 18.2 Å². The molecule has 0 bridgehead atoms. The van der Waals surface area contributed by atoms with Gasteiger partial charge in [-0.1, -0.05) is 0 Å². The Morgan fingerprint density at radius 3 is 3.10 bits per heavy atom. The highest BCUT2D eigenvalue weighted by Crippen LogP contribution is 2.18. The van der Waals surface area contributed by atoms with Gasteiger partial charge in [-0.15, -0.1) is 0 Å². The zero-order valence-electron chi connectivity index (χ0n) is 11.5. The van der Waals surface area contributed by atoms with E-state index in [0.29, 0.717) is 35.6 Å². The van der Waals surface area contributed by atoms with E-state index in [2.05, 4.69) is 25.6 Å². The Kier molecular flexibility index (Phi) is 3.27. The van der Waals surface area contributed by atoms with Crippen molar-refractivity contribution in [1.29, 1.82) is 0 Å². The molecular weight excluding hydrogens is 270 g/mol. The number of aromatic amines is 1. The molecule has 3 rings (SSSR count). The van der Waals surface area contributed by atoms with Crippen molar-refractivity contribution >= 4 is 22.5 Å². The maximum Gasteiger partial charge on any atom is 0.272 e. The summed E-state index contributed by atoms with van der Waals surface area (Å²) < 4.78 is 1.63. The summed E-state index contributed by atoms with van der Waals surface area (Å²) in [4.78, 5) is 16.2. The number of nitrogens with zero attached hydrogens (tertiary/aromatic N) is 4. The second kappa shape index (κ2) is 5.23. The highest BCUT2D eigenvalue weighted by molar-refractivity contribution is 6.05. The first-order valence-corrected chi connectivity index (χ1v) is 6.50. The number of nitrogens with two attached hydrogens (primary N) is 1. The summed E-state index contributed by atoms with van der Waals surface area (Å²) in [5.74, 6) is 0.441. The van der Waals surface area contributed by atoms with Gasteiger partial charge in [0.05, 0.1) is 5.52 Å². The van der Waals surface area contributed by atoms with Crippen LogP contribution < -0.4 is 11.1 Å². The zero-order chi connectivity index (χ0) is 14.8. The van der Waals surface area contributed by atoms with Gasteiger partial charge in [0.1, 0.15) is 6.33 Å². The highest BCUT2D eigenvalue weighted by atomic mass is 16.1. The van der Waals surface area contributed by atoms with Crippen LogP contribution in [-0.4, -0.2) is 37.4 Å². The molecule has 3 aromatic rings. The van der Waals surface area contributed by atoms with Crippen molar-refractivity contribution in [3.8, 4) is 0 Å². The van der Waals surface area contributed by atoms with Crippen molar-refractivity contribution in [2.45, 2.75) is 6.42 Å². The molecule has 0 spiro atoms. The SMILES string of the molecule is Cn1cnc(CCNC(=O)c2n[nH]c3ccc(N)cc23)n1. The Morgan fingerprint density at radius 2 is 2.33 bits per heavy atom. The third-order valence-electron chi connectivity index (χ3n) is 3.08. The first kappa shape index (κ1) is 13.1. The molecule has 0 aliphatic rings.